The number of rotatable bonds is 2. The normalized spacial score (nSPS) is 10.7. The van der Waals surface area contributed by atoms with E-state index in [-0.39, 0.29) is 18.0 Å². The quantitative estimate of drug-likeness (QED) is 0.645. The van der Waals surface area contributed by atoms with Crippen LogP contribution >= 0.6 is 12.4 Å². The molecule has 2 rings (SSSR count). The predicted octanol–water partition coefficient (Wildman–Crippen LogP) is 4.08. The van der Waals surface area contributed by atoms with Crippen molar-refractivity contribution < 1.29 is 13.2 Å². The smallest absolute Gasteiger partial charge is 0.324 e. The zero-order chi connectivity index (χ0) is 13.2. The number of anilines is 1. The topological polar surface area (TPSA) is 38.0 Å². The van der Waals surface area contributed by atoms with Gasteiger partial charge >= 0.3 is 6.18 Å². The van der Waals surface area contributed by atoms with E-state index in [1.807, 2.05) is 0 Å². The second kappa shape index (κ2) is 5.95. The monoisotopic (exact) mass is 288 g/mol. The van der Waals surface area contributed by atoms with E-state index in [1.165, 1.54) is 12.1 Å². The lowest BCUT2D eigenvalue weighted by molar-refractivity contribution is -0.137. The van der Waals surface area contributed by atoms with Gasteiger partial charge in [0.05, 0.1) is 5.56 Å². The molecule has 0 radical (unpaired) electrons. The summed E-state index contributed by atoms with van der Waals surface area (Å²) in [6.45, 7) is 0. The lowest BCUT2D eigenvalue weighted by atomic mass is 9.99. The van der Waals surface area contributed by atoms with E-state index in [4.69, 9.17) is 5.84 Å². The van der Waals surface area contributed by atoms with Gasteiger partial charge in [-0.25, -0.2) is 0 Å². The van der Waals surface area contributed by atoms with Crippen LogP contribution in [0.25, 0.3) is 11.1 Å². The van der Waals surface area contributed by atoms with Crippen molar-refractivity contribution in [3.63, 3.8) is 0 Å². The molecule has 0 amide bonds. The van der Waals surface area contributed by atoms with Crippen molar-refractivity contribution in [3.8, 4) is 11.1 Å². The third-order valence-electron chi connectivity index (χ3n) is 2.57. The molecule has 2 aromatic carbocycles. The van der Waals surface area contributed by atoms with E-state index in [0.29, 0.717) is 11.3 Å². The number of nitrogen functional groups attached to an aromatic ring is 1. The van der Waals surface area contributed by atoms with E-state index < -0.39 is 11.7 Å². The SMILES string of the molecule is Cl.NNc1cccc(-c2ccccc2C(F)(F)F)c1. The molecule has 0 aliphatic carbocycles. The van der Waals surface area contributed by atoms with Crippen molar-refractivity contribution in [1.29, 1.82) is 0 Å². The van der Waals surface area contributed by atoms with Crippen LogP contribution in [0.15, 0.2) is 48.5 Å². The summed E-state index contributed by atoms with van der Waals surface area (Å²) in [5.74, 6) is 5.25. The highest BCUT2D eigenvalue weighted by atomic mass is 35.5. The molecule has 2 nitrogen and oxygen atoms in total. The average Bonchev–Trinajstić information content (AvgIpc) is 2.38. The molecule has 3 N–H and O–H groups in total. The Kier molecular flexibility index (Phi) is 4.80. The molecule has 19 heavy (non-hydrogen) atoms. The largest absolute Gasteiger partial charge is 0.417 e. The number of hydrazine groups is 1. The van der Waals surface area contributed by atoms with Crippen LogP contribution in [0.3, 0.4) is 0 Å². The Morgan fingerprint density at radius 2 is 1.63 bits per heavy atom. The van der Waals surface area contributed by atoms with Gasteiger partial charge in [-0.05, 0) is 29.3 Å². The van der Waals surface area contributed by atoms with Crippen LogP contribution in [0.4, 0.5) is 18.9 Å². The standard InChI is InChI=1S/C13H11F3N2.ClH/c14-13(15,16)12-7-2-1-6-11(12)9-4-3-5-10(8-9)18-17;/h1-8,18H,17H2;1H. The highest BCUT2D eigenvalue weighted by molar-refractivity contribution is 5.85. The summed E-state index contributed by atoms with van der Waals surface area (Å²) in [5, 5.41) is 0. The van der Waals surface area contributed by atoms with Crippen molar-refractivity contribution in [2.24, 2.45) is 5.84 Å². The first-order chi connectivity index (χ1) is 8.52. The first-order valence-corrected chi connectivity index (χ1v) is 5.25. The van der Waals surface area contributed by atoms with Crippen LogP contribution < -0.4 is 11.3 Å². The molecule has 0 saturated carbocycles. The molecule has 0 bridgehead atoms. The maximum atomic E-state index is 12.9. The number of hydrogen-bond acceptors (Lipinski definition) is 2. The van der Waals surface area contributed by atoms with Crippen LogP contribution in [0, 0.1) is 0 Å². The molecule has 0 fully saturated rings. The van der Waals surface area contributed by atoms with E-state index in [2.05, 4.69) is 5.43 Å². The van der Waals surface area contributed by atoms with Gasteiger partial charge in [-0.2, -0.15) is 13.2 Å². The van der Waals surface area contributed by atoms with Gasteiger partial charge in [-0.15, -0.1) is 12.4 Å². The molecule has 0 spiro atoms. The van der Waals surface area contributed by atoms with Crippen molar-refractivity contribution in [2.45, 2.75) is 6.18 Å². The zero-order valence-corrected chi connectivity index (χ0v) is 10.6. The Bertz CT molecular complexity index is 556. The van der Waals surface area contributed by atoms with Gasteiger partial charge in [-0.1, -0.05) is 30.3 Å². The summed E-state index contributed by atoms with van der Waals surface area (Å²) in [6, 6.07) is 12.0. The van der Waals surface area contributed by atoms with Gasteiger partial charge in [0.15, 0.2) is 0 Å². The number of halogens is 4. The molecule has 6 heteroatoms. The first kappa shape index (κ1) is 15.3. The van der Waals surface area contributed by atoms with Crippen molar-refractivity contribution in [3.05, 3.63) is 54.1 Å². The van der Waals surface area contributed by atoms with Gasteiger partial charge in [0.1, 0.15) is 0 Å². The van der Waals surface area contributed by atoms with Crippen molar-refractivity contribution in [2.75, 3.05) is 5.43 Å². The number of benzene rings is 2. The molecule has 0 heterocycles. The van der Waals surface area contributed by atoms with Crippen LogP contribution in [0.1, 0.15) is 5.56 Å². The van der Waals surface area contributed by atoms with Gasteiger partial charge in [0, 0.05) is 5.69 Å². The maximum absolute atomic E-state index is 12.9. The summed E-state index contributed by atoms with van der Waals surface area (Å²) in [7, 11) is 0. The van der Waals surface area contributed by atoms with Gasteiger partial charge in [0.25, 0.3) is 0 Å². The molecule has 0 aromatic heterocycles. The highest BCUT2D eigenvalue weighted by Gasteiger charge is 2.33. The van der Waals surface area contributed by atoms with Crippen LogP contribution in [-0.4, -0.2) is 0 Å². The molecule has 0 saturated heterocycles. The first-order valence-electron chi connectivity index (χ1n) is 5.25. The molecular formula is C13H12ClF3N2. The highest BCUT2D eigenvalue weighted by Crippen LogP contribution is 2.37. The van der Waals surface area contributed by atoms with Crippen LogP contribution in [0.5, 0.6) is 0 Å². The Morgan fingerprint density at radius 1 is 0.947 bits per heavy atom. The second-order valence-electron chi connectivity index (χ2n) is 3.77. The lowest BCUT2D eigenvalue weighted by Gasteiger charge is -2.13. The fourth-order valence-electron chi connectivity index (χ4n) is 1.76. The van der Waals surface area contributed by atoms with Crippen LogP contribution in [0.2, 0.25) is 0 Å². The fourth-order valence-corrected chi connectivity index (χ4v) is 1.76. The van der Waals surface area contributed by atoms with Gasteiger partial charge in [-0.3, -0.25) is 5.84 Å². The summed E-state index contributed by atoms with van der Waals surface area (Å²) in [6.07, 6.45) is -4.37. The maximum Gasteiger partial charge on any atom is 0.417 e. The molecule has 2 aromatic rings. The Labute approximate surface area is 114 Å². The van der Waals surface area contributed by atoms with Gasteiger partial charge < -0.3 is 5.43 Å². The van der Waals surface area contributed by atoms with Crippen molar-refractivity contribution in [1.82, 2.24) is 0 Å². The number of nitrogens with one attached hydrogen (secondary N) is 1. The molecule has 0 unspecified atom stereocenters. The summed E-state index contributed by atoms with van der Waals surface area (Å²) in [5.41, 5.74) is 2.93. The average molecular weight is 289 g/mol. The Morgan fingerprint density at radius 3 is 2.26 bits per heavy atom. The minimum absolute atomic E-state index is 0. The van der Waals surface area contributed by atoms with Gasteiger partial charge in [0.2, 0.25) is 0 Å². The zero-order valence-electron chi connectivity index (χ0n) is 9.74. The minimum Gasteiger partial charge on any atom is -0.324 e. The van der Waals surface area contributed by atoms with Crippen LogP contribution in [-0.2, 0) is 6.18 Å². The van der Waals surface area contributed by atoms with E-state index in [0.717, 1.165) is 6.07 Å². The predicted molar refractivity (Wildman–Crippen MR) is 71.9 cm³/mol. The number of hydrogen-bond donors (Lipinski definition) is 2. The lowest BCUT2D eigenvalue weighted by Crippen LogP contribution is -2.08. The van der Waals surface area contributed by atoms with E-state index in [9.17, 15) is 13.2 Å². The summed E-state index contributed by atoms with van der Waals surface area (Å²) in [4.78, 5) is 0. The van der Waals surface area contributed by atoms with Crippen molar-refractivity contribution >= 4 is 18.1 Å². The molecule has 0 aliphatic rings. The minimum atomic E-state index is -4.37. The van der Waals surface area contributed by atoms with E-state index in [1.54, 1.807) is 30.3 Å². The van der Waals surface area contributed by atoms with E-state index >= 15 is 0 Å². The third kappa shape index (κ3) is 3.39. The molecule has 102 valence electrons. The number of alkyl halides is 3. The third-order valence-corrected chi connectivity index (χ3v) is 2.57. The summed E-state index contributed by atoms with van der Waals surface area (Å²) >= 11 is 0. The molecule has 0 atom stereocenters. The molecular weight excluding hydrogens is 277 g/mol. The molecule has 0 aliphatic heterocycles. The Balaban J connectivity index is 0.00000180. The Hall–Kier alpha value is -1.72. The number of nitrogens with two attached hydrogens (primary N) is 1. The summed E-state index contributed by atoms with van der Waals surface area (Å²) < 4.78 is 38.6. The fraction of sp³-hybridized carbons (Fsp3) is 0.0769. The second-order valence-corrected chi connectivity index (χ2v) is 3.77.